The highest BCUT2D eigenvalue weighted by molar-refractivity contribution is 4.80. The zero-order chi connectivity index (χ0) is 11.4. The van der Waals surface area contributed by atoms with Gasteiger partial charge in [-0.05, 0) is 71.5 Å². The van der Waals surface area contributed by atoms with Gasteiger partial charge >= 0.3 is 0 Å². The molecule has 94 valence electrons. The summed E-state index contributed by atoms with van der Waals surface area (Å²) in [5.41, 5.74) is 0. The van der Waals surface area contributed by atoms with Crippen LogP contribution in [0.5, 0.6) is 0 Å². The van der Waals surface area contributed by atoms with E-state index in [4.69, 9.17) is 0 Å². The fourth-order valence-corrected chi connectivity index (χ4v) is 3.42. The van der Waals surface area contributed by atoms with Gasteiger partial charge < -0.3 is 5.32 Å². The lowest BCUT2D eigenvalue weighted by Crippen LogP contribution is -2.44. The third-order valence-electron chi connectivity index (χ3n) is 4.63. The minimum Gasteiger partial charge on any atom is -0.317 e. The molecule has 0 saturated carbocycles. The first-order valence-electron chi connectivity index (χ1n) is 7.24. The van der Waals surface area contributed by atoms with Crippen LogP contribution in [0.3, 0.4) is 0 Å². The highest BCUT2D eigenvalue weighted by atomic mass is 15.2. The molecular formula is C14H28N2. The Hall–Kier alpha value is -0.0800. The predicted octanol–water partition coefficient (Wildman–Crippen LogP) is 2.64. The van der Waals surface area contributed by atoms with E-state index >= 15 is 0 Å². The molecule has 0 bridgehead atoms. The summed E-state index contributed by atoms with van der Waals surface area (Å²) in [5, 5.41) is 3.46. The van der Waals surface area contributed by atoms with Crippen LogP contribution in [0.1, 0.15) is 52.4 Å². The molecule has 0 spiro atoms. The molecule has 2 fully saturated rings. The second kappa shape index (κ2) is 6.02. The van der Waals surface area contributed by atoms with E-state index < -0.39 is 0 Å². The van der Waals surface area contributed by atoms with Crippen molar-refractivity contribution < 1.29 is 0 Å². The maximum atomic E-state index is 3.46. The van der Waals surface area contributed by atoms with Gasteiger partial charge in [0.2, 0.25) is 0 Å². The van der Waals surface area contributed by atoms with Gasteiger partial charge in [0.15, 0.2) is 0 Å². The van der Waals surface area contributed by atoms with Gasteiger partial charge in [0, 0.05) is 12.1 Å². The van der Waals surface area contributed by atoms with Crippen molar-refractivity contribution >= 4 is 0 Å². The van der Waals surface area contributed by atoms with Gasteiger partial charge in [0.25, 0.3) is 0 Å². The maximum absolute atomic E-state index is 3.46. The molecule has 2 aliphatic rings. The first kappa shape index (κ1) is 12.4. The van der Waals surface area contributed by atoms with Crippen molar-refractivity contribution in [2.75, 3.05) is 19.6 Å². The summed E-state index contributed by atoms with van der Waals surface area (Å²) in [5.74, 6) is 0.988. The Morgan fingerprint density at radius 2 is 1.62 bits per heavy atom. The molecule has 16 heavy (non-hydrogen) atoms. The number of hydrogen-bond acceptors (Lipinski definition) is 2. The Morgan fingerprint density at radius 1 is 1.00 bits per heavy atom. The van der Waals surface area contributed by atoms with E-state index in [9.17, 15) is 0 Å². The van der Waals surface area contributed by atoms with Gasteiger partial charge in [0.05, 0.1) is 0 Å². The van der Waals surface area contributed by atoms with Crippen molar-refractivity contribution in [3.8, 4) is 0 Å². The predicted molar refractivity (Wildman–Crippen MR) is 69.7 cm³/mol. The smallest absolute Gasteiger partial charge is 0.00697 e. The van der Waals surface area contributed by atoms with E-state index in [2.05, 4.69) is 24.1 Å². The Morgan fingerprint density at radius 3 is 2.25 bits per heavy atom. The fourth-order valence-electron chi connectivity index (χ4n) is 3.42. The highest BCUT2D eigenvalue weighted by Gasteiger charge is 2.25. The number of nitrogens with one attached hydrogen (secondary N) is 1. The average molecular weight is 224 g/mol. The van der Waals surface area contributed by atoms with Crippen LogP contribution in [0, 0.1) is 5.92 Å². The van der Waals surface area contributed by atoms with E-state index in [1.54, 1.807) is 0 Å². The van der Waals surface area contributed by atoms with Crippen LogP contribution in [0.25, 0.3) is 0 Å². The quantitative estimate of drug-likeness (QED) is 0.793. The molecule has 0 aromatic carbocycles. The van der Waals surface area contributed by atoms with Crippen molar-refractivity contribution in [1.29, 1.82) is 0 Å². The second-order valence-electron chi connectivity index (χ2n) is 5.85. The van der Waals surface area contributed by atoms with Gasteiger partial charge in [-0.25, -0.2) is 0 Å². The zero-order valence-corrected chi connectivity index (χ0v) is 11.0. The summed E-state index contributed by atoms with van der Waals surface area (Å²) in [6.07, 6.45) is 8.49. The van der Waals surface area contributed by atoms with Crippen LogP contribution >= 0.6 is 0 Å². The Bertz CT molecular complexity index is 189. The average Bonchev–Trinajstić information content (AvgIpc) is 2.30. The van der Waals surface area contributed by atoms with Gasteiger partial charge in [-0.3, -0.25) is 4.90 Å². The molecule has 2 aliphatic heterocycles. The van der Waals surface area contributed by atoms with E-state index in [0.717, 1.165) is 18.0 Å². The molecule has 1 N–H and O–H groups in total. The summed E-state index contributed by atoms with van der Waals surface area (Å²) >= 11 is 0. The Balaban J connectivity index is 1.74. The van der Waals surface area contributed by atoms with Crippen LogP contribution in [-0.4, -0.2) is 36.6 Å². The molecule has 2 nitrogen and oxygen atoms in total. The third-order valence-corrected chi connectivity index (χ3v) is 4.63. The topological polar surface area (TPSA) is 15.3 Å². The molecule has 0 aromatic rings. The van der Waals surface area contributed by atoms with Gasteiger partial charge in [-0.1, -0.05) is 6.42 Å². The Kier molecular flexibility index (Phi) is 4.66. The summed E-state index contributed by atoms with van der Waals surface area (Å²) in [7, 11) is 0. The maximum Gasteiger partial charge on any atom is 0.00697 e. The van der Waals surface area contributed by atoms with Crippen molar-refractivity contribution in [1.82, 2.24) is 10.2 Å². The van der Waals surface area contributed by atoms with Crippen molar-refractivity contribution in [3.63, 3.8) is 0 Å². The number of nitrogens with zero attached hydrogens (tertiary/aromatic N) is 1. The van der Waals surface area contributed by atoms with Gasteiger partial charge in [-0.15, -0.1) is 0 Å². The molecule has 0 radical (unpaired) electrons. The lowest BCUT2D eigenvalue weighted by atomic mass is 9.92. The summed E-state index contributed by atoms with van der Waals surface area (Å²) < 4.78 is 0. The number of hydrogen-bond donors (Lipinski definition) is 1. The SMILES string of the molecule is CC1CCCC(C)N1CCC1CCNCC1. The minimum absolute atomic E-state index is 0.825. The van der Waals surface area contributed by atoms with Crippen molar-refractivity contribution in [2.45, 2.75) is 64.5 Å². The minimum atomic E-state index is 0.825. The summed E-state index contributed by atoms with van der Waals surface area (Å²) in [6.45, 7) is 8.66. The van der Waals surface area contributed by atoms with Gasteiger partial charge in [0.1, 0.15) is 0 Å². The number of piperidine rings is 2. The van der Waals surface area contributed by atoms with E-state index in [1.165, 1.54) is 58.2 Å². The fraction of sp³-hybridized carbons (Fsp3) is 1.00. The standard InChI is InChI=1S/C14H28N2/c1-12-4-3-5-13(2)16(12)11-8-14-6-9-15-10-7-14/h12-15H,3-11H2,1-2H3. The molecule has 2 heterocycles. The van der Waals surface area contributed by atoms with E-state index in [1.807, 2.05) is 0 Å². The molecule has 2 saturated heterocycles. The molecule has 2 atom stereocenters. The monoisotopic (exact) mass is 224 g/mol. The lowest BCUT2D eigenvalue weighted by Gasteiger charge is -2.40. The molecule has 0 aliphatic carbocycles. The normalized spacial score (nSPS) is 34.1. The van der Waals surface area contributed by atoms with Crippen LogP contribution in [0.15, 0.2) is 0 Å². The third kappa shape index (κ3) is 3.21. The van der Waals surface area contributed by atoms with E-state index in [-0.39, 0.29) is 0 Å². The molecule has 2 unspecified atom stereocenters. The molecule has 0 aromatic heterocycles. The molecule has 0 amide bonds. The first-order valence-corrected chi connectivity index (χ1v) is 7.24. The Labute approximate surface area is 101 Å². The lowest BCUT2D eigenvalue weighted by molar-refractivity contribution is 0.0934. The molecule has 2 rings (SSSR count). The van der Waals surface area contributed by atoms with Crippen LogP contribution in [0.4, 0.5) is 0 Å². The molecular weight excluding hydrogens is 196 g/mol. The summed E-state index contributed by atoms with van der Waals surface area (Å²) in [6, 6.07) is 1.65. The largest absolute Gasteiger partial charge is 0.317 e. The number of rotatable bonds is 3. The molecule has 2 heteroatoms. The van der Waals surface area contributed by atoms with Crippen LogP contribution < -0.4 is 5.32 Å². The van der Waals surface area contributed by atoms with E-state index in [0.29, 0.717) is 0 Å². The van der Waals surface area contributed by atoms with Crippen molar-refractivity contribution in [2.24, 2.45) is 5.92 Å². The second-order valence-corrected chi connectivity index (χ2v) is 5.85. The zero-order valence-electron chi connectivity index (χ0n) is 11.0. The van der Waals surface area contributed by atoms with Gasteiger partial charge in [-0.2, -0.15) is 0 Å². The first-order chi connectivity index (χ1) is 7.77. The summed E-state index contributed by atoms with van der Waals surface area (Å²) in [4.78, 5) is 2.76. The highest BCUT2D eigenvalue weighted by Crippen LogP contribution is 2.24. The van der Waals surface area contributed by atoms with Crippen molar-refractivity contribution in [3.05, 3.63) is 0 Å². The van der Waals surface area contributed by atoms with Crippen LogP contribution in [0.2, 0.25) is 0 Å². The van der Waals surface area contributed by atoms with Crippen LogP contribution in [-0.2, 0) is 0 Å². The number of likely N-dealkylation sites (tertiary alicyclic amines) is 1.